The molecule has 0 radical (unpaired) electrons. The van der Waals surface area contributed by atoms with E-state index in [1.54, 1.807) is 12.3 Å². The van der Waals surface area contributed by atoms with E-state index in [1.807, 2.05) is 35.8 Å². The Morgan fingerprint density at radius 3 is 2.75 bits per heavy atom. The number of amides is 2. The van der Waals surface area contributed by atoms with Crippen LogP contribution in [0.4, 0.5) is 0 Å². The third-order valence-corrected chi connectivity index (χ3v) is 5.98. The number of hydrogen-bond acceptors (Lipinski definition) is 5. The Bertz CT molecular complexity index is 844. The van der Waals surface area contributed by atoms with Crippen molar-refractivity contribution in [3.05, 3.63) is 47.1 Å². The van der Waals surface area contributed by atoms with Crippen LogP contribution >= 0.6 is 0 Å². The lowest BCUT2D eigenvalue weighted by Gasteiger charge is -2.36. The van der Waals surface area contributed by atoms with Crippen molar-refractivity contribution in [2.75, 3.05) is 19.6 Å². The van der Waals surface area contributed by atoms with Gasteiger partial charge in [-0.05, 0) is 51.2 Å². The largest absolute Gasteiger partial charge is 0.361 e. The number of hydrogen-bond donors (Lipinski definition) is 0. The van der Waals surface area contributed by atoms with Gasteiger partial charge in [-0.1, -0.05) is 11.2 Å². The number of nitrogens with zero attached hydrogens (tertiary/aromatic N) is 4. The van der Waals surface area contributed by atoms with Crippen LogP contribution in [0.2, 0.25) is 0 Å². The van der Waals surface area contributed by atoms with Gasteiger partial charge in [0.05, 0.1) is 5.69 Å². The van der Waals surface area contributed by atoms with Crippen molar-refractivity contribution in [3.8, 4) is 0 Å². The highest BCUT2D eigenvalue weighted by Crippen LogP contribution is 2.29. The van der Waals surface area contributed by atoms with E-state index in [-0.39, 0.29) is 17.9 Å². The summed E-state index contributed by atoms with van der Waals surface area (Å²) in [7, 11) is 0. The predicted octanol–water partition coefficient (Wildman–Crippen LogP) is 2.38. The van der Waals surface area contributed by atoms with Crippen LogP contribution in [-0.2, 0) is 11.2 Å². The number of piperidine rings is 1. The second kappa shape index (κ2) is 7.73. The molecule has 2 atom stereocenters. The van der Waals surface area contributed by atoms with Gasteiger partial charge in [0, 0.05) is 43.9 Å². The third-order valence-electron chi connectivity index (χ3n) is 5.98. The maximum Gasteiger partial charge on any atom is 0.272 e. The molecule has 5 rings (SSSR count). The third kappa shape index (κ3) is 3.66. The molecule has 2 aromatic rings. The van der Waals surface area contributed by atoms with E-state index in [9.17, 15) is 9.59 Å². The SMILES string of the molecule is Cc1noc(C)c1CCC(=O)N1C[C@H]2CC[C@@H]1CN(C(=O)c1ccccn1)C2. The zero-order chi connectivity index (χ0) is 19.7. The summed E-state index contributed by atoms with van der Waals surface area (Å²) in [4.78, 5) is 33.9. The number of aromatic nitrogens is 2. The van der Waals surface area contributed by atoms with E-state index in [2.05, 4.69) is 10.1 Å². The predicted molar refractivity (Wildman–Crippen MR) is 103 cm³/mol. The molecule has 2 aromatic heterocycles. The molecule has 0 aromatic carbocycles. The van der Waals surface area contributed by atoms with E-state index >= 15 is 0 Å². The van der Waals surface area contributed by atoms with E-state index in [1.165, 1.54) is 0 Å². The van der Waals surface area contributed by atoms with Crippen molar-refractivity contribution >= 4 is 11.8 Å². The Labute approximate surface area is 164 Å². The van der Waals surface area contributed by atoms with Crippen LogP contribution < -0.4 is 0 Å². The summed E-state index contributed by atoms with van der Waals surface area (Å²) in [6.07, 6.45) is 4.74. The molecule has 0 unspecified atom stereocenters. The second-order valence-corrected chi connectivity index (χ2v) is 7.87. The topological polar surface area (TPSA) is 79.5 Å². The van der Waals surface area contributed by atoms with Crippen molar-refractivity contribution in [1.29, 1.82) is 0 Å². The first kappa shape index (κ1) is 18.7. The monoisotopic (exact) mass is 382 g/mol. The lowest BCUT2D eigenvalue weighted by atomic mass is 9.94. The van der Waals surface area contributed by atoms with Crippen LogP contribution in [0.3, 0.4) is 0 Å². The number of pyridine rings is 1. The molecule has 0 N–H and O–H groups in total. The van der Waals surface area contributed by atoms with Gasteiger partial charge in [-0.15, -0.1) is 0 Å². The van der Waals surface area contributed by atoms with Crippen LogP contribution in [0.5, 0.6) is 0 Å². The molecule has 3 aliphatic heterocycles. The molecule has 7 nitrogen and oxygen atoms in total. The average Bonchev–Trinajstić information content (AvgIpc) is 2.90. The number of fused-ring (bicyclic) bond motifs is 4. The lowest BCUT2D eigenvalue weighted by molar-refractivity contribution is -0.135. The molecule has 0 saturated carbocycles. The van der Waals surface area contributed by atoms with Crippen LogP contribution in [0, 0.1) is 19.8 Å². The van der Waals surface area contributed by atoms with Gasteiger partial charge in [-0.25, -0.2) is 0 Å². The van der Waals surface area contributed by atoms with Gasteiger partial charge in [0.25, 0.3) is 5.91 Å². The fourth-order valence-electron chi connectivity index (χ4n) is 4.44. The number of carbonyl (C=O) groups is 2. The highest BCUT2D eigenvalue weighted by Gasteiger charge is 2.38. The van der Waals surface area contributed by atoms with Gasteiger partial charge in [0.15, 0.2) is 0 Å². The molecule has 3 fully saturated rings. The Morgan fingerprint density at radius 2 is 2.04 bits per heavy atom. The highest BCUT2D eigenvalue weighted by atomic mass is 16.5. The molecule has 5 heterocycles. The maximum atomic E-state index is 13.0. The zero-order valence-corrected chi connectivity index (χ0v) is 16.4. The van der Waals surface area contributed by atoms with E-state index in [0.717, 1.165) is 36.4 Å². The first-order chi connectivity index (χ1) is 13.5. The smallest absolute Gasteiger partial charge is 0.272 e. The van der Waals surface area contributed by atoms with Gasteiger partial charge in [0.2, 0.25) is 5.91 Å². The molecule has 7 heteroatoms. The molecule has 3 aliphatic rings. The quantitative estimate of drug-likeness (QED) is 0.811. The van der Waals surface area contributed by atoms with Gasteiger partial charge < -0.3 is 14.3 Å². The number of carbonyl (C=O) groups excluding carboxylic acids is 2. The molecular formula is C21H26N4O3. The van der Waals surface area contributed by atoms with Crippen molar-refractivity contribution < 1.29 is 14.1 Å². The molecule has 2 amide bonds. The average molecular weight is 382 g/mol. The summed E-state index contributed by atoms with van der Waals surface area (Å²) in [5, 5.41) is 3.97. The van der Waals surface area contributed by atoms with Crippen molar-refractivity contribution in [3.63, 3.8) is 0 Å². The summed E-state index contributed by atoms with van der Waals surface area (Å²) >= 11 is 0. The molecule has 148 valence electrons. The molecule has 3 saturated heterocycles. The van der Waals surface area contributed by atoms with Gasteiger partial charge in [0.1, 0.15) is 11.5 Å². The normalized spacial score (nSPS) is 21.6. The summed E-state index contributed by atoms with van der Waals surface area (Å²) in [5.74, 6) is 1.23. The second-order valence-electron chi connectivity index (χ2n) is 7.87. The fourth-order valence-corrected chi connectivity index (χ4v) is 4.44. The standard InChI is InChI=1S/C21H26N4O3/c1-14-18(15(2)28-23-14)8-9-20(26)25-12-16-6-7-17(25)13-24(11-16)21(27)19-5-3-4-10-22-19/h3-5,10,16-17H,6-9,11-13H2,1-2H3/t16-,17+/m0/s1. The molecule has 28 heavy (non-hydrogen) atoms. The van der Waals surface area contributed by atoms with Crippen molar-refractivity contribution in [2.45, 2.75) is 45.6 Å². The Hall–Kier alpha value is -2.70. The summed E-state index contributed by atoms with van der Waals surface area (Å²) in [6, 6.07) is 5.48. The summed E-state index contributed by atoms with van der Waals surface area (Å²) in [5.41, 5.74) is 2.36. The minimum atomic E-state index is -0.0393. The summed E-state index contributed by atoms with van der Waals surface area (Å²) in [6.45, 7) is 5.81. The van der Waals surface area contributed by atoms with Gasteiger partial charge in [-0.3, -0.25) is 14.6 Å². The minimum Gasteiger partial charge on any atom is -0.361 e. The Morgan fingerprint density at radius 1 is 1.18 bits per heavy atom. The summed E-state index contributed by atoms with van der Waals surface area (Å²) < 4.78 is 5.20. The Kier molecular flexibility index (Phi) is 5.15. The van der Waals surface area contributed by atoms with Crippen LogP contribution in [0.1, 0.15) is 46.8 Å². The first-order valence-corrected chi connectivity index (χ1v) is 9.94. The molecular weight excluding hydrogens is 356 g/mol. The maximum absolute atomic E-state index is 13.0. The van der Waals surface area contributed by atoms with Crippen LogP contribution in [0.25, 0.3) is 0 Å². The van der Waals surface area contributed by atoms with Crippen molar-refractivity contribution in [1.82, 2.24) is 19.9 Å². The number of aryl methyl sites for hydroxylation is 2. The highest BCUT2D eigenvalue weighted by molar-refractivity contribution is 5.92. The Balaban J connectivity index is 1.43. The van der Waals surface area contributed by atoms with Gasteiger partial charge >= 0.3 is 0 Å². The van der Waals surface area contributed by atoms with E-state index in [0.29, 0.717) is 37.5 Å². The fraction of sp³-hybridized carbons (Fsp3) is 0.524. The van der Waals surface area contributed by atoms with E-state index < -0.39 is 0 Å². The lowest BCUT2D eigenvalue weighted by Crippen LogP contribution is -2.47. The molecule has 2 bridgehead atoms. The molecule has 0 aliphatic carbocycles. The van der Waals surface area contributed by atoms with Crippen molar-refractivity contribution in [2.24, 2.45) is 5.92 Å². The first-order valence-electron chi connectivity index (χ1n) is 9.94. The molecule has 0 spiro atoms. The van der Waals surface area contributed by atoms with Gasteiger partial charge in [-0.2, -0.15) is 0 Å². The van der Waals surface area contributed by atoms with E-state index in [4.69, 9.17) is 4.52 Å². The minimum absolute atomic E-state index is 0.0393. The van der Waals surface area contributed by atoms with Crippen LogP contribution in [-0.4, -0.2) is 57.4 Å². The van der Waals surface area contributed by atoms with Crippen LogP contribution in [0.15, 0.2) is 28.9 Å². The zero-order valence-electron chi connectivity index (χ0n) is 16.4. The number of rotatable bonds is 4.